The third-order valence-electron chi connectivity index (χ3n) is 3.10. The average Bonchev–Trinajstić information content (AvgIpc) is 2.27. The van der Waals surface area contributed by atoms with Gasteiger partial charge in [-0.05, 0) is 47.2 Å². The Morgan fingerprint density at radius 3 is 2.00 bits per heavy atom. The minimum atomic E-state index is -0.545. The maximum atomic E-state index is 13.2. The highest BCUT2D eigenvalue weighted by molar-refractivity contribution is 5.65. The van der Waals surface area contributed by atoms with E-state index in [2.05, 4.69) is 13.8 Å². The molecule has 0 N–H and O–H groups in total. The van der Waals surface area contributed by atoms with Crippen LogP contribution in [0.1, 0.15) is 30.9 Å². The van der Waals surface area contributed by atoms with Crippen LogP contribution >= 0.6 is 0 Å². The summed E-state index contributed by atoms with van der Waals surface area (Å²) in [4.78, 5) is 0. The van der Waals surface area contributed by atoms with E-state index < -0.39 is 11.6 Å². The summed E-state index contributed by atoms with van der Waals surface area (Å²) in [5, 5.41) is 0. The van der Waals surface area contributed by atoms with Crippen molar-refractivity contribution in [3.05, 3.63) is 59.2 Å². The topological polar surface area (TPSA) is 0 Å². The van der Waals surface area contributed by atoms with Crippen LogP contribution in [0.15, 0.2) is 36.4 Å². The molecule has 0 aliphatic heterocycles. The van der Waals surface area contributed by atoms with Gasteiger partial charge in [-0.3, -0.25) is 0 Å². The molecule has 0 saturated carbocycles. The molecule has 0 aliphatic rings. The summed E-state index contributed by atoms with van der Waals surface area (Å²) in [5.74, 6) is -0.698. The molecule has 0 unspecified atom stereocenters. The monoisotopic (exact) mass is 246 g/mol. The van der Waals surface area contributed by atoms with Crippen molar-refractivity contribution in [3.8, 4) is 11.1 Å². The van der Waals surface area contributed by atoms with Gasteiger partial charge in [-0.15, -0.1) is 0 Å². The first-order valence-corrected chi connectivity index (χ1v) is 6.04. The van der Waals surface area contributed by atoms with E-state index in [0.29, 0.717) is 11.5 Å². The number of halogens is 2. The van der Waals surface area contributed by atoms with Crippen LogP contribution in [0, 0.1) is 18.6 Å². The summed E-state index contributed by atoms with van der Waals surface area (Å²) in [6.45, 7) is 6.27. The first-order chi connectivity index (χ1) is 8.47. The molecule has 0 amide bonds. The van der Waals surface area contributed by atoms with E-state index in [1.165, 1.54) is 23.3 Å². The van der Waals surface area contributed by atoms with E-state index in [0.717, 1.165) is 11.6 Å². The van der Waals surface area contributed by atoms with Crippen molar-refractivity contribution in [2.75, 3.05) is 0 Å². The molecule has 0 aliphatic carbocycles. The predicted octanol–water partition coefficient (Wildman–Crippen LogP) is 5.06. The fraction of sp³-hybridized carbons (Fsp3) is 0.250. The van der Waals surface area contributed by atoms with Gasteiger partial charge in [-0.25, -0.2) is 8.78 Å². The summed E-state index contributed by atoms with van der Waals surface area (Å²) in [6.07, 6.45) is 0. The molecule has 94 valence electrons. The minimum absolute atomic E-state index is 0.392. The van der Waals surface area contributed by atoms with Crippen LogP contribution in [-0.2, 0) is 0 Å². The Balaban J connectivity index is 2.54. The number of hydrogen-bond donors (Lipinski definition) is 0. The van der Waals surface area contributed by atoms with Crippen LogP contribution in [0.25, 0.3) is 11.1 Å². The highest BCUT2D eigenvalue weighted by Gasteiger charge is 2.08. The van der Waals surface area contributed by atoms with Crippen LogP contribution in [-0.4, -0.2) is 0 Å². The normalized spacial score (nSPS) is 11.0. The maximum Gasteiger partial charge on any atom is 0.126 e. The SMILES string of the molecule is Cc1ccc(-c2cc(F)cc(F)c2)cc1C(C)C. The summed E-state index contributed by atoms with van der Waals surface area (Å²) in [7, 11) is 0. The zero-order chi connectivity index (χ0) is 13.3. The Hall–Kier alpha value is -1.70. The van der Waals surface area contributed by atoms with Crippen LogP contribution in [0.4, 0.5) is 8.78 Å². The molecule has 0 bridgehead atoms. The Morgan fingerprint density at radius 1 is 0.833 bits per heavy atom. The zero-order valence-corrected chi connectivity index (χ0v) is 10.8. The first kappa shape index (κ1) is 12.7. The molecule has 0 radical (unpaired) electrons. The molecule has 2 aromatic carbocycles. The smallest absolute Gasteiger partial charge is 0.126 e. The Morgan fingerprint density at radius 2 is 1.44 bits per heavy atom. The Kier molecular flexibility index (Phi) is 3.46. The van der Waals surface area contributed by atoms with Crippen molar-refractivity contribution >= 4 is 0 Å². The number of hydrogen-bond acceptors (Lipinski definition) is 0. The molecular formula is C16H16F2. The summed E-state index contributed by atoms with van der Waals surface area (Å²) < 4.78 is 26.4. The van der Waals surface area contributed by atoms with Gasteiger partial charge < -0.3 is 0 Å². The maximum absolute atomic E-state index is 13.2. The summed E-state index contributed by atoms with van der Waals surface area (Å²) in [5.41, 5.74) is 3.83. The second kappa shape index (κ2) is 4.89. The Labute approximate surface area is 106 Å². The van der Waals surface area contributed by atoms with Crippen molar-refractivity contribution in [2.45, 2.75) is 26.7 Å². The molecule has 0 spiro atoms. The predicted molar refractivity (Wildman–Crippen MR) is 70.6 cm³/mol. The molecular weight excluding hydrogens is 230 g/mol. The largest absolute Gasteiger partial charge is 0.207 e. The molecule has 18 heavy (non-hydrogen) atoms. The van der Waals surface area contributed by atoms with Crippen LogP contribution in [0.2, 0.25) is 0 Å². The van der Waals surface area contributed by atoms with E-state index in [-0.39, 0.29) is 0 Å². The van der Waals surface area contributed by atoms with Gasteiger partial charge in [-0.2, -0.15) is 0 Å². The van der Waals surface area contributed by atoms with E-state index in [1.54, 1.807) is 0 Å². The van der Waals surface area contributed by atoms with Crippen LogP contribution in [0.5, 0.6) is 0 Å². The van der Waals surface area contributed by atoms with Gasteiger partial charge in [0, 0.05) is 6.07 Å². The second-order valence-corrected chi connectivity index (χ2v) is 4.88. The van der Waals surface area contributed by atoms with Gasteiger partial charge in [0.25, 0.3) is 0 Å². The van der Waals surface area contributed by atoms with Crippen molar-refractivity contribution in [1.29, 1.82) is 0 Å². The lowest BCUT2D eigenvalue weighted by atomic mass is 9.93. The van der Waals surface area contributed by atoms with Gasteiger partial charge >= 0.3 is 0 Å². The standard InChI is InChI=1S/C16H16F2/c1-10(2)16-8-12(5-4-11(16)3)13-6-14(17)9-15(18)7-13/h4-10H,1-3H3. The van der Waals surface area contributed by atoms with E-state index >= 15 is 0 Å². The quantitative estimate of drug-likeness (QED) is 0.694. The molecule has 0 nitrogen and oxygen atoms in total. The van der Waals surface area contributed by atoms with Gasteiger partial charge in [0.1, 0.15) is 11.6 Å². The minimum Gasteiger partial charge on any atom is -0.207 e. The van der Waals surface area contributed by atoms with Gasteiger partial charge in [-0.1, -0.05) is 32.0 Å². The molecule has 2 rings (SSSR count). The van der Waals surface area contributed by atoms with Gasteiger partial charge in [0.05, 0.1) is 0 Å². The van der Waals surface area contributed by atoms with E-state index in [9.17, 15) is 8.78 Å². The summed E-state index contributed by atoms with van der Waals surface area (Å²) in [6, 6.07) is 9.51. The molecule has 2 heteroatoms. The molecule has 0 saturated heterocycles. The fourth-order valence-corrected chi connectivity index (χ4v) is 2.16. The van der Waals surface area contributed by atoms with Gasteiger partial charge in [0.15, 0.2) is 0 Å². The average molecular weight is 246 g/mol. The van der Waals surface area contributed by atoms with Crippen LogP contribution < -0.4 is 0 Å². The molecule has 2 aromatic rings. The fourth-order valence-electron chi connectivity index (χ4n) is 2.16. The Bertz CT molecular complexity index is 551. The lowest BCUT2D eigenvalue weighted by Crippen LogP contribution is -1.93. The van der Waals surface area contributed by atoms with Crippen molar-refractivity contribution in [2.24, 2.45) is 0 Å². The summed E-state index contributed by atoms with van der Waals surface area (Å²) >= 11 is 0. The number of aryl methyl sites for hydroxylation is 1. The molecule has 0 heterocycles. The molecule has 0 fully saturated rings. The van der Waals surface area contributed by atoms with E-state index in [4.69, 9.17) is 0 Å². The van der Waals surface area contributed by atoms with E-state index in [1.807, 2.05) is 25.1 Å². The number of benzene rings is 2. The van der Waals surface area contributed by atoms with Crippen molar-refractivity contribution < 1.29 is 8.78 Å². The first-order valence-electron chi connectivity index (χ1n) is 6.04. The molecule has 0 atom stereocenters. The third-order valence-corrected chi connectivity index (χ3v) is 3.10. The highest BCUT2D eigenvalue weighted by Crippen LogP contribution is 2.27. The second-order valence-electron chi connectivity index (χ2n) is 4.88. The zero-order valence-electron chi connectivity index (χ0n) is 10.8. The van der Waals surface area contributed by atoms with Crippen molar-refractivity contribution in [3.63, 3.8) is 0 Å². The van der Waals surface area contributed by atoms with Crippen LogP contribution in [0.3, 0.4) is 0 Å². The van der Waals surface area contributed by atoms with Gasteiger partial charge in [0.2, 0.25) is 0 Å². The molecule has 0 aromatic heterocycles. The lowest BCUT2D eigenvalue weighted by molar-refractivity contribution is 0.584. The lowest BCUT2D eigenvalue weighted by Gasteiger charge is -2.12. The highest BCUT2D eigenvalue weighted by atomic mass is 19.1. The number of rotatable bonds is 2. The van der Waals surface area contributed by atoms with Crippen molar-refractivity contribution in [1.82, 2.24) is 0 Å². The third kappa shape index (κ3) is 2.58.